The molecular weight excluding hydrogens is 204 g/mol. The van der Waals surface area contributed by atoms with E-state index in [2.05, 4.69) is 13.8 Å². The standard InChI is InChI=1S/C13H22O3/c1-5-7-9(3)11-13(4,8-6-2)10(14)12(15)16-11/h9,11H,5-8H2,1-4H3. The van der Waals surface area contributed by atoms with Gasteiger partial charge in [-0.15, -0.1) is 0 Å². The predicted molar refractivity (Wildman–Crippen MR) is 62.0 cm³/mol. The summed E-state index contributed by atoms with van der Waals surface area (Å²) in [5, 5.41) is 0. The van der Waals surface area contributed by atoms with E-state index in [9.17, 15) is 9.59 Å². The summed E-state index contributed by atoms with van der Waals surface area (Å²) < 4.78 is 5.27. The highest BCUT2D eigenvalue weighted by molar-refractivity contribution is 6.37. The van der Waals surface area contributed by atoms with Crippen molar-refractivity contribution in [2.24, 2.45) is 11.3 Å². The number of carbonyl (C=O) groups excluding carboxylic acids is 2. The fourth-order valence-corrected chi connectivity index (χ4v) is 2.79. The molecular formula is C13H22O3. The lowest BCUT2D eigenvalue weighted by Gasteiger charge is -2.30. The van der Waals surface area contributed by atoms with Gasteiger partial charge in [-0.25, -0.2) is 4.79 Å². The Bertz CT molecular complexity index is 285. The van der Waals surface area contributed by atoms with Gasteiger partial charge in [0.1, 0.15) is 6.10 Å². The third kappa shape index (κ3) is 2.13. The number of hydrogen-bond acceptors (Lipinski definition) is 3. The molecule has 0 spiro atoms. The first-order chi connectivity index (χ1) is 7.47. The molecule has 0 saturated carbocycles. The minimum Gasteiger partial charge on any atom is -0.455 e. The molecule has 3 unspecified atom stereocenters. The van der Waals surface area contributed by atoms with Gasteiger partial charge in [0.2, 0.25) is 5.78 Å². The average Bonchev–Trinajstić information content (AvgIpc) is 2.44. The van der Waals surface area contributed by atoms with Crippen LogP contribution in [-0.2, 0) is 14.3 Å². The summed E-state index contributed by atoms with van der Waals surface area (Å²) in [4.78, 5) is 23.3. The van der Waals surface area contributed by atoms with Crippen LogP contribution in [0.2, 0.25) is 0 Å². The molecule has 1 rings (SSSR count). The highest BCUT2D eigenvalue weighted by Gasteiger charge is 2.54. The molecule has 0 aliphatic carbocycles. The lowest BCUT2D eigenvalue weighted by atomic mass is 9.73. The smallest absolute Gasteiger partial charge is 0.375 e. The van der Waals surface area contributed by atoms with Crippen molar-refractivity contribution < 1.29 is 14.3 Å². The van der Waals surface area contributed by atoms with E-state index in [4.69, 9.17) is 4.74 Å². The number of hydrogen-bond donors (Lipinski definition) is 0. The summed E-state index contributed by atoms with van der Waals surface area (Å²) in [7, 11) is 0. The average molecular weight is 226 g/mol. The zero-order valence-electron chi connectivity index (χ0n) is 10.7. The minimum atomic E-state index is -0.635. The van der Waals surface area contributed by atoms with Crippen LogP contribution in [0.3, 0.4) is 0 Å². The fourth-order valence-electron chi connectivity index (χ4n) is 2.79. The summed E-state index contributed by atoms with van der Waals surface area (Å²) in [5.41, 5.74) is -0.597. The first kappa shape index (κ1) is 13.2. The maximum absolute atomic E-state index is 11.9. The number of carbonyl (C=O) groups is 2. The SMILES string of the molecule is CCCC(C)C1OC(=O)C(=O)C1(C)CCC. The van der Waals surface area contributed by atoms with Crippen LogP contribution in [0.5, 0.6) is 0 Å². The van der Waals surface area contributed by atoms with Crippen molar-refractivity contribution in [3.8, 4) is 0 Å². The van der Waals surface area contributed by atoms with Gasteiger partial charge in [-0.1, -0.05) is 33.6 Å². The minimum absolute atomic E-state index is 0.229. The molecule has 3 heteroatoms. The molecule has 1 saturated heterocycles. The van der Waals surface area contributed by atoms with Crippen LogP contribution in [0.15, 0.2) is 0 Å². The molecule has 0 N–H and O–H groups in total. The Morgan fingerprint density at radius 1 is 1.31 bits per heavy atom. The molecule has 0 aromatic rings. The highest BCUT2D eigenvalue weighted by Crippen LogP contribution is 2.41. The van der Waals surface area contributed by atoms with Crippen LogP contribution in [-0.4, -0.2) is 17.9 Å². The Morgan fingerprint density at radius 3 is 2.44 bits per heavy atom. The molecule has 3 atom stereocenters. The Morgan fingerprint density at radius 2 is 1.94 bits per heavy atom. The molecule has 92 valence electrons. The second-order valence-electron chi connectivity index (χ2n) is 5.09. The van der Waals surface area contributed by atoms with E-state index >= 15 is 0 Å². The van der Waals surface area contributed by atoms with Crippen LogP contribution in [0.25, 0.3) is 0 Å². The zero-order valence-corrected chi connectivity index (χ0v) is 10.7. The molecule has 1 aliphatic heterocycles. The van der Waals surface area contributed by atoms with Crippen LogP contribution in [0.4, 0.5) is 0 Å². The van der Waals surface area contributed by atoms with Crippen molar-refractivity contribution in [1.29, 1.82) is 0 Å². The maximum atomic E-state index is 11.9. The van der Waals surface area contributed by atoms with Gasteiger partial charge in [-0.05, 0) is 25.7 Å². The lowest BCUT2D eigenvalue weighted by molar-refractivity contribution is -0.149. The van der Waals surface area contributed by atoms with Crippen molar-refractivity contribution in [2.45, 2.75) is 59.5 Å². The third-order valence-electron chi connectivity index (χ3n) is 3.60. The largest absolute Gasteiger partial charge is 0.455 e. The van der Waals surface area contributed by atoms with Gasteiger partial charge in [-0.3, -0.25) is 4.79 Å². The van der Waals surface area contributed by atoms with E-state index in [1.165, 1.54) is 0 Å². The van der Waals surface area contributed by atoms with Crippen molar-refractivity contribution in [2.75, 3.05) is 0 Å². The second-order valence-corrected chi connectivity index (χ2v) is 5.09. The Labute approximate surface area is 97.5 Å². The Balaban J connectivity index is 2.90. The summed E-state index contributed by atoms with van der Waals surface area (Å²) in [6.07, 6.45) is 3.44. The van der Waals surface area contributed by atoms with E-state index in [1.54, 1.807) is 0 Å². The molecule has 0 aromatic carbocycles. The van der Waals surface area contributed by atoms with Crippen LogP contribution in [0, 0.1) is 11.3 Å². The topological polar surface area (TPSA) is 43.4 Å². The summed E-state index contributed by atoms with van der Waals surface area (Å²) in [6.45, 7) is 8.07. The van der Waals surface area contributed by atoms with Gasteiger partial charge in [0.05, 0.1) is 5.41 Å². The maximum Gasteiger partial charge on any atom is 0.375 e. The van der Waals surface area contributed by atoms with E-state index in [1.807, 2.05) is 13.8 Å². The van der Waals surface area contributed by atoms with Crippen LogP contribution in [0.1, 0.15) is 53.4 Å². The number of cyclic esters (lactones) is 1. The summed E-state index contributed by atoms with van der Waals surface area (Å²) >= 11 is 0. The molecule has 1 fully saturated rings. The van der Waals surface area contributed by atoms with E-state index in [0.29, 0.717) is 0 Å². The zero-order chi connectivity index (χ0) is 12.3. The van der Waals surface area contributed by atoms with Gasteiger partial charge in [0.25, 0.3) is 0 Å². The van der Waals surface area contributed by atoms with Gasteiger partial charge >= 0.3 is 5.97 Å². The van der Waals surface area contributed by atoms with Crippen molar-refractivity contribution in [1.82, 2.24) is 0 Å². The van der Waals surface area contributed by atoms with E-state index < -0.39 is 11.4 Å². The molecule has 0 amide bonds. The third-order valence-corrected chi connectivity index (χ3v) is 3.60. The highest BCUT2D eigenvalue weighted by atomic mass is 16.6. The predicted octanol–water partition coefficient (Wildman–Crippen LogP) is 2.72. The normalized spacial score (nSPS) is 31.6. The fraction of sp³-hybridized carbons (Fsp3) is 0.846. The van der Waals surface area contributed by atoms with E-state index in [0.717, 1.165) is 25.7 Å². The van der Waals surface area contributed by atoms with Gasteiger partial charge in [-0.2, -0.15) is 0 Å². The number of ketones is 1. The molecule has 1 aliphatic rings. The van der Waals surface area contributed by atoms with Crippen molar-refractivity contribution in [3.63, 3.8) is 0 Å². The first-order valence-electron chi connectivity index (χ1n) is 6.22. The molecule has 1 heterocycles. The monoisotopic (exact) mass is 226 g/mol. The molecule has 0 radical (unpaired) electrons. The van der Waals surface area contributed by atoms with Gasteiger partial charge in [0.15, 0.2) is 0 Å². The number of Topliss-reactive ketones (excluding diaryl/α,β-unsaturated/α-hetero) is 1. The van der Waals surface area contributed by atoms with E-state index in [-0.39, 0.29) is 17.8 Å². The molecule has 3 nitrogen and oxygen atoms in total. The van der Waals surface area contributed by atoms with Gasteiger partial charge < -0.3 is 4.74 Å². The Hall–Kier alpha value is -0.860. The Kier molecular flexibility index (Phi) is 4.11. The second kappa shape index (κ2) is 4.98. The molecule has 16 heavy (non-hydrogen) atoms. The van der Waals surface area contributed by atoms with Crippen LogP contribution >= 0.6 is 0 Å². The van der Waals surface area contributed by atoms with Crippen LogP contribution < -0.4 is 0 Å². The van der Waals surface area contributed by atoms with Crippen molar-refractivity contribution in [3.05, 3.63) is 0 Å². The first-order valence-corrected chi connectivity index (χ1v) is 6.22. The van der Waals surface area contributed by atoms with Crippen molar-refractivity contribution >= 4 is 11.8 Å². The van der Waals surface area contributed by atoms with Gasteiger partial charge in [0, 0.05) is 0 Å². The number of ether oxygens (including phenoxy) is 1. The summed E-state index contributed by atoms with van der Waals surface area (Å²) in [6, 6.07) is 0. The molecule has 0 bridgehead atoms. The number of esters is 1. The quantitative estimate of drug-likeness (QED) is 0.534. The molecule has 0 aromatic heterocycles. The lowest BCUT2D eigenvalue weighted by Crippen LogP contribution is -2.38. The number of rotatable bonds is 5. The summed E-state index contributed by atoms with van der Waals surface area (Å²) in [5.74, 6) is -0.705.